The van der Waals surface area contributed by atoms with Crippen molar-refractivity contribution in [1.29, 1.82) is 0 Å². The number of piperidine rings is 1. The summed E-state index contributed by atoms with van der Waals surface area (Å²) >= 11 is 0. The van der Waals surface area contributed by atoms with Gasteiger partial charge in [-0.1, -0.05) is 19.1 Å². The fourth-order valence-electron chi connectivity index (χ4n) is 3.90. The number of carbonyl (C=O) groups excluding carboxylic acids is 1. The molecule has 0 radical (unpaired) electrons. The number of alkyl halides is 3. The van der Waals surface area contributed by atoms with Crippen LogP contribution in [0.4, 0.5) is 13.2 Å². The first-order chi connectivity index (χ1) is 15.7. The minimum atomic E-state index is -4.83. The van der Waals surface area contributed by atoms with Crippen LogP contribution in [0.25, 0.3) is 17.1 Å². The van der Waals surface area contributed by atoms with Gasteiger partial charge in [-0.25, -0.2) is 9.67 Å². The molecule has 2 aromatic heterocycles. The maximum atomic E-state index is 12.9. The van der Waals surface area contributed by atoms with E-state index in [1.807, 2.05) is 0 Å². The first-order valence-electron chi connectivity index (χ1n) is 10.6. The smallest absolute Gasteiger partial charge is 0.444 e. The van der Waals surface area contributed by atoms with Gasteiger partial charge in [0.1, 0.15) is 12.0 Å². The van der Waals surface area contributed by atoms with E-state index in [-0.39, 0.29) is 29.2 Å². The Balaban J connectivity index is 1.49. The van der Waals surface area contributed by atoms with E-state index >= 15 is 0 Å². The number of para-hydroxylation sites is 2. The average molecular weight is 463 g/mol. The van der Waals surface area contributed by atoms with Gasteiger partial charge in [0.05, 0.1) is 11.8 Å². The zero-order valence-electron chi connectivity index (χ0n) is 18.2. The van der Waals surface area contributed by atoms with Crippen LogP contribution in [0, 0.1) is 0 Å². The lowest BCUT2D eigenvalue weighted by Crippen LogP contribution is -2.45. The van der Waals surface area contributed by atoms with Crippen molar-refractivity contribution < 1.29 is 27.1 Å². The van der Waals surface area contributed by atoms with Crippen molar-refractivity contribution in [2.75, 3.05) is 26.7 Å². The van der Waals surface area contributed by atoms with E-state index in [1.54, 1.807) is 18.0 Å². The molecule has 0 N–H and O–H groups in total. The Morgan fingerprint density at radius 1 is 1.27 bits per heavy atom. The topological polar surface area (TPSA) is 76.6 Å². The molecule has 3 heterocycles. The third-order valence-electron chi connectivity index (χ3n) is 5.76. The fourth-order valence-corrected chi connectivity index (χ4v) is 3.90. The summed E-state index contributed by atoms with van der Waals surface area (Å²) in [7, 11) is 1.76. The normalized spacial score (nSPS) is 15.5. The monoisotopic (exact) mass is 463 g/mol. The van der Waals surface area contributed by atoms with Gasteiger partial charge in [-0.05, 0) is 31.5 Å². The molecule has 33 heavy (non-hydrogen) atoms. The van der Waals surface area contributed by atoms with Gasteiger partial charge in [-0.2, -0.15) is 5.10 Å². The molecule has 0 bridgehead atoms. The number of hydrogen-bond donors (Lipinski definition) is 0. The lowest BCUT2D eigenvalue weighted by Gasteiger charge is -2.35. The van der Waals surface area contributed by atoms with Crippen LogP contribution in [0.3, 0.4) is 0 Å². The number of ether oxygens (including phenoxy) is 1. The fraction of sp³-hybridized carbons (Fsp3) is 0.409. The third kappa shape index (κ3) is 5.19. The van der Waals surface area contributed by atoms with Gasteiger partial charge in [0.15, 0.2) is 11.4 Å². The average Bonchev–Trinajstić information content (AvgIpc) is 3.47. The summed E-state index contributed by atoms with van der Waals surface area (Å²) < 4.78 is 48.9. The molecule has 0 unspecified atom stereocenters. The Bertz CT molecular complexity index is 1100. The van der Waals surface area contributed by atoms with Crippen molar-refractivity contribution in [3.8, 4) is 22.9 Å². The van der Waals surface area contributed by atoms with Crippen molar-refractivity contribution in [3.05, 3.63) is 48.6 Å². The molecule has 176 valence electrons. The van der Waals surface area contributed by atoms with Crippen LogP contribution < -0.4 is 4.74 Å². The molecule has 8 nitrogen and oxygen atoms in total. The number of halogens is 3. The van der Waals surface area contributed by atoms with Crippen molar-refractivity contribution in [1.82, 2.24) is 24.6 Å². The van der Waals surface area contributed by atoms with Crippen molar-refractivity contribution in [2.45, 2.75) is 32.2 Å². The molecule has 0 atom stereocenters. The molecule has 1 fully saturated rings. The number of likely N-dealkylation sites (tertiary alicyclic amines) is 1. The quantitative estimate of drug-likeness (QED) is 0.551. The third-order valence-corrected chi connectivity index (χ3v) is 5.76. The number of oxazole rings is 1. The second-order valence-corrected chi connectivity index (χ2v) is 7.81. The molecule has 3 aromatic rings. The molecule has 0 spiro atoms. The van der Waals surface area contributed by atoms with Crippen molar-refractivity contribution >= 4 is 5.91 Å². The van der Waals surface area contributed by atoms with Gasteiger partial charge in [0.25, 0.3) is 5.91 Å². The highest BCUT2D eigenvalue weighted by Gasteiger charge is 2.32. The Hall–Kier alpha value is -3.34. The standard InChI is InChI=1S/C22H24F3N5O3/c1-3-29-10-8-16(9-11-29)28(2)21(31)17-14-32-20(27-17)15-12-26-30(13-15)18-6-4-5-7-19(18)33-22(23,24)25/h4-7,12-14,16H,3,8-11H2,1-2H3. The summed E-state index contributed by atoms with van der Waals surface area (Å²) in [4.78, 5) is 21.2. The Morgan fingerprint density at radius 3 is 2.70 bits per heavy atom. The van der Waals surface area contributed by atoms with Gasteiger partial charge in [-0.15, -0.1) is 13.2 Å². The van der Waals surface area contributed by atoms with Gasteiger partial charge < -0.3 is 19.0 Å². The second kappa shape index (κ2) is 9.26. The van der Waals surface area contributed by atoms with Gasteiger partial charge in [0.2, 0.25) is 5.89 Å². The zero-order chi connectivity index (χ0) is 23.6. The number of amides is 1. The van der Waals surface area contributed by atoms with E-state index in [4.69, 9.17) is 4.42 Å². The minimum Gasteiger partial charge on any atom is -0.444 e. The van der Waals surface area contributed by atoms with Crippen LogP contribution in [-0.2, 0) is 0 Å². The number of hydrogen-bond acceptors (Lipinski definition) is 6. The lowest BCUT2D eigenvalue weighted by molar-refractivity contribution is -0.274. The molecule has 1 aliphatic heterocycles. The molecular formula is C22H24F3N5O3. The number of carbonyl (C=O) groups is 1. The molecule has 1 aromatic carbocycles. The highest BCUT2D eigenvalue weighted by molar-refractivity contribution is 5.92. The second-order valence-electron chi connectivity index (χ2n) is 7.81. The lowest BCUT2D eigenvalue weighted by atomic mass is 10.0. The molecule has 0 aliphatic carbocycles. The van der Waals surface area contributed by atoms with E-state index in [1.165, 1.54) is 41.5 Å². The molecule has 11 heteroatoms. The maximum Gasteiger partial charge on any atom is 0.573 e. The summed E-state index contributed by atoms with van der Waals surface area (Å²) in [6.07, 6.45) is 1.11. The number of aromatic nitrogens is 3. The van der Waals surface area contributed by atoms with Crippen LogP contribution in [0.2, 0.25) is 0 Å². The van der Waals surface area contributed by atoms with E-state index in [2.05, 4.69) is 26.6 Å². The molecular weight excluding hydrogens is 439 g/mol. The van der Waals surface area contributed by atoms with E-state index in [0.29, 0.717) is 5.56 Å². The van der Waals surface area contributed by atoms with Crippen LogP contribution in [-0.4, -0.2) is 69.6 Å². The van der Waals surface area contributed by atoms with Gasteiger partial charge in [0, 0.05) is 32.4 Å². The predicted octanol–water partition coefficient (Wildman–Crippen LogP) is 3.98. The number of benzene rings is 1. The summed E-state index contributed by atoms with van der Waals surface area (Å²) in [5.41, 5.74) is 0.677. The van der Waals surface area contributed by atoms with Crippen molar-refractivity contribution in [2.24, 2.45) is 0 Å². The molecule has 4 rings (SSSR count). The first kappa shape index (κ1) is 22.8. The van der Waals surface area contributed by atoms with Crippen LogP contribution >= 0.6 is 0 Å². The van der Waals surface area contributed by atoms with Crippen LogP contribution in [0.5, 0.6) is 5.75 Å². The molecule has 0 saturated carbocycles. The Kier molecular flexibility index (Phi) is 6.41. The van der Waals surface area contributed by atoms with Crippen LogP contribution in [0.15, 0.2) is 47.3 Å². The van der Waals surface area contributed by atoms with Crippen LogP contribution in [0.1, 0.15) is 30.3 Å². The first-order valence-corrected chi connectivity index (χ1v) is 10.6. The summed E-state index contributed by atoms with van der Waals surface area (Å²) in [6, 6.07) is 5.79. The Morgan fingerprint density at radius 2 is 2.00 bits per heavy atom. The number of rotatable bonds is 6. The summed E-state index contributed by atoms with van der Waals surface area (Å²) in [6.45, 7) is 5.01. The van der Waals surface area contributed by atoms with Crippen molar-refractivity contribution in [3.63, 3.8) is 0 Å². The SMILES string of the molecule is CCN1CCC(N(C)C(=O)c2coc(-c3cnn(-c4ccccc4OC(F)(F)F)c3)n2)CC1. The molecule has 1 saturated heterocycles. The molecule has 1 amide bonds. The summed E-state index contributed by atoms with van der Waals surface area (Å²) in [5.74, 6) is -0.483. The zero-order valence-corrected chi connectivity index (χ0v) is 18.2. The minimum absolute atomic E-state index is 0.0992. The van der Waals surface area contributed by atoms with E-state index in [9.17, 15) is 18.0 Å². The maximum absolute atomic E-state index is 12.9. The summed E-state index contributed by atoms with van der Waals surface area (Å²) in [5, 5.41) is 4.10. The molecule has 1 aliphatic rings. The van der Waals surface area contributed by atoms with Gasteiger partial charge in [-0.3, -0.25) is 4.79 Å². The number of nitrogens with zero attached hydrogens (tertiary/aromatic N) is 5. The largest absolute Gasteiger partial charge is 0.573 e. The van der Waals surface area contributed by atoms with E-state index in [0.717, 1.165) is 32.5 Å². The van der Waals surface area contributed by atoms with Gasteiger partial charge >= 0.3 is 6.36 Å². The Labute approximate surface area is 188 Å². The van der Waals surface area contributed by atoms with E-state index < -0.39 is 12.1 Å². The highest BCUT2D eigenvalue weighted by Crippen LogP contribution is 2.30. The highest BCUT2D eigenvalue weighted by atomic mass is 19.4. The predicted molar refractivity (Wildman–Crippen MR) is 113 cm³/mol.